The van der Waals surface area contributed by atoms with Gasteiger partial charge in [0.05, 0.1) is 11.6 Å². The van der Waals surface area contributed by atoms with E-state index in [1.54, 1.807) is 0 Å². The van der Waals surface area contributed by atoms with Gasteiger partial charge < -0.3 is 20.3 Å². The fourth-order valence-electron chi connectivity index (χ4n) is 3.34. The fraction of sp³-hybridized carbons (Fsp3) is 0.812. The molecule has 23 heavy (non-hydrogen) atoms. The highest BCUT2D eigenvalue weighted by atomic mass is 16.3. The first-order chi connectivity index (χ1) is 11.0. The van der Waals surface area contributed by atoms with Crippen molar-refractivity contribution in [3.8, 4) is 0 Å². The van der Waals surface area contributed by atoms with Crippen LogP contribution in [0.5, 0.6) is 0 Å². The van der Waals surface area contributed by atoms with Crippen LogP contribution in [0.1, 0.15) is 70.1 Å². The number of carbonyl (C=O) groups excluding carboxylic acids is 1. The molecule has 1 unspecified atom stereocenters. The zero-order valence-electron chi connectivity index (χ0n) is 14.4. The van der Waals surface area contributed by atoms with Gasteiger partial charge in [-0.25, -0.2) is 4.79 Å². The van der Waals surface area contributed by atoms with E-state index >= 15 is 0 Å². The average molecular weight is 323 g/mol. The monoisotopic (exact) mass is 323 g/mol. The topological polar surface area (TPSA) is 92.1 Å². The van der Waals surface area contributed by atoms with Crippen molar-refractivity contribution < 1.29 is 9.90 Å². The van der Waals surface area contributed by atoms with Crippen molar-refractivity contribution in [1.29, 1.82) is 0 Å². The van der Waals surface area contributed by atoms with Crippen molar-refractivity contribution in [1.82, 2.24) is 25.4 Å². The van der Waals surface area contributed by atoms with E-state index in [1.165, 1.54) is 0 Å². The second-order valence-electron chi connectivity index (χ2n) is 6.50. The molecule has 2 heterocycles. The molecule has 0 bridgehead atoms. The van der Waals surface area contributed by atoms with Crippen LogP contribution < -0.4 is 10.6 Å². The number of aromatic nitrogens is 3. The summed E-state index contributed by atoms with van der Waals surface area (Å²) >= 11 is 0. The van der Waals surface area contributed by atoms with Crippen LogP contribution in [0.25, 0.3) is 0 Å². The molecule has 2 amide bonds. The zero-order valence-corrected chi connectivity index (χ0v) is 14.4. The summed E-state index contributed by atoms with van der Waals surface area (Å²) in [5.74, 6) is 1.70. The lowest BCUT2D eigenvalue weighted by Crippen LogP contribution is -2.47. The minimum atomic E-state index is -0.815. The van der Waals surface area contributed by atoms with E-state index in [1.807, 2.05) is 20.8 Å². The Morgan fingerprint density at radius 1 is 1.35 bits per heavy atom. The summed E-state index contributed by atoms with van der Waals surface area (Å²) in [5, 5.41) is 24.6. The molecule has 0 aromatic carbocycles. The van der Waals surface area contributed by atoms with Crippen molar-refractivity contribution in [2.45, 2.75) is 77.5 Å². The van der Waals surface area contributed by atoms with Crippen LogP contribution in [0, 0.1) is 6.92 Å². The lowest BCUT2D eigenvalue weighted by Gasteiger charge is -2.29. The lowest BCUT2D eigenvalue weighted by molar-refractivity contribution is 0.0240. The first kappa shape index (κ1) is 17.7. The van der Waals surface area contributed by atoms with Crippen molar-refractivity contribution in [3.05, 3.63) is 11.6 Å². The highest BCUT2D eigenvalue weighted by Crippen LogP contribution is 2.24. The van der Waals surface area contributed by atoms with E-state index < -0.39 is 5.60 Å². The molecule has 1 aromatic rings. The van der Waals surface area contributed by atoms with Crippen LogP contribution in [0.2, 0.25) is 0 Å². The number of amides is 2. The molecule has 0 saturated carbocycles. The van der Waals surface area contributed by atoms with Crippen molar-refractivity contribution in [2.75, 3.05) is 6.54 Å². The molecule has 1 aliphatic rings. The Kier molecular flexibility index (Phi) is 5.98. The molecular weight excluding hydrogens is 294 g/mol. The molecule has 0 saturated heterocycles. The van der Waals surface area contributed by atoms with Crippen LogP contribution in [-0.2, 0) is 6.54 Å². The average Bonchev–Trinajstić information content (AvgIpc) is 2.89. The highest BCUT2D eigenvalue weighted by Gasteiger charge is 2.28. The minimum Gasteiger partial charge on any atom is -0.388 e. The van der Waals surface area contributed by atoms with Gasteiger partial charge in [-0.15, -0.1) is 10.2 Å². The number of hydrogen-bond acceptors (Lipinski definition) is 4. The van der Waals surface area contributed by atoms with Crippen molar-refractivity contribution in [2.24, 2.45) is 0 Å². The molecule has 0 spiro atoms. The molecule has 0 fully saturated rings. The molecule has 1 aliphatic heterocycles. The first-order valence-electron chi connectivity index (χ1n) is 8.65. The third kappa shape index (κ3) is 4.43. The maximum Gasteiger partial charge on any atom is 0.315 e. The van der Waals surface area contributed by atoms with Crippen LogP contribution in [0.4, 0.5) is 4.79 Å². The van der Waals surface area contributed by atoms with Gasteiger partial charge >= 0.3 is 6.03 Å². The first-order valence-corrected chi connectivity index (χ1v) is 8.65. The number of nitrogens with zero attached hydrogens (tertiary/aromatic N) is 3. The predicted octanol–water partition coefficient (Wildman–Crippen LogP) is 2.05. The van der Waals surface area contributed by atoms with Gasteiger partial charge in [-0.1, -0.05) is 26.7 Å². The molecule has 1 atom stereocenters. The quantitative estimate of drug-likeness (QED) is 0.716. The number of aliphatic hydroxyl groups is 1. The molecule has 0 radical (unpaired) electrons. The lowest BCUT2D eigenvalue weighted by atomic mass is 9.93. The summed E-state index contributed by atoms with van der Waals surface area (Å²) < 4.78 is 2.05. The van der Waals surface area contributed by atoms with Crippen LogP contribution in [-0.4, -0.2) is 38.0 Å². The van der Waals surface area contributed by atoms with Gasteiger partial charge in [0.1, 0.15) is 5.82 Å². The van der Waals surface area contributed by atoms with Crippen LogP contribution in [0.3, 0.4) is 0 Å². The van der Waals surface area contributed by atoms with E-state index in [4.69, 9.17) is 0 Å². The molecule has 0 aliphatic carbocycles. The number of rotatable bonds is 7. The summed E-state index contributed by atoms with van der Waals surface area (Å²) in [5.41, 5.74) is -0.815. The Morgan fingerprint density at radius 2 is 2.04 bits per heavy atom. The third-order valence-electron chi connectivity index (χ3n) is 4.46. The standard InChI is InChI=1S/C16H29N5O2/c1-4-8-16(23,9-5-2)11-17-15(22)18-13-7-6-10-21-12(3)19-20-14(13)21/h13,23H,4-11H2,1-3H3,(H2,17,18,22). The second-order valence-corrected chi connectivity index (χ2v) is 6.50. The second kappa shape index (κ2) is 7.77. The molecule has 3 N–H and O–H groups in total. The SMILES string of the molecule is CCCC(O)(CCC)CNC(=O)NC1CCCn2c(C)nnc21. The van der Waals surface area contributed by atoms with E-state index in [2.05, 4.69) is 25.4 Å². The van der Waals surface area contributed by atoms with Gasteiger partial charge in [0, 0.05) is 13.1 Å². The van der Waals surface area contributed by atoms with E-state index in [0.717, 1.165) is 43.9 Å². The molecule has 7 nitrogen and oxygen atoms in total. The van der Waals surface area contributed by atoms with Gasteiger partial charge in [0.15, 0.2) is 5.82 Å². The zero-order chi connectivity index (χ0) is 16.9. The Bertz CT molecular complexity index is 523. The number of aryl methyl sites for hydroxylation is 1. The summed E-state index contributed by atoms with van der Waals surface area (Å²) in [4.78, 5) is 12.2. The van der Waals surface area contributed by atoms with E-state index in [0.29, 0.717) is 12.8 Å². The Hall–Kier alpha value is -1.63. The van der Waals surface area contributed by atoms with Crippen LogP contribution in [0.15, 0.2) is 0 Å². The summed E-state index contributed by atoms with van der Waals surface area (Å²) in [6, 6.07) is -0.370. The normalized spacial score (nSPS) is 17.7. The fourth-order valence-corrected chi connectivity index (χ4v) is 3.34. The summed E-state index contributed by atoms with van der Waals surface area (Å²) in [6.45, 7) is 7.18. The van der Waals surface area contributed by atoms with E-state index in [-0.39, 0.29) is 18.6 Å². The highest BCUT2D eigenvalue weighted by molar-refractivity contribution is 5.74. The Morgan fingerprint density at radius 3 is 2.70 bits per heavy atom. The van der Waals surface area contributed by atoms with Gasteiger partial charge in [-0.2, -0.15) is 0 Å². The molecule has 130 valence electrons. The maximum atomic E-state index is 12.2. The van der Waals surface area contributed by atoms with Gasteiger partial charge in [-0.05, 0) is 32.6 Å². The molecule has 2 rings (SSSR count). The number of hydrogen-bond donors (Lipinski definition) is 3. The molecular formula is C16H29N5O2. The number of urea groups is 1. The Balaban J connectivity index is 1.90. The van der Waals surface area contributed by atoms with Gasteiger partial charge in [-0.3, -0.25) is 0 Å². The summed E-state index contributed by atoms with van der Waals surface area (Å²) in [7, 11) is 0. The Labute approximate surface area is 137 Å². The summed E-state index contributed by atoms with van der Waals surface area (Å²) in [6.07, 6.45) is 5.03. The van der Waals surface area contributed by atoms with E-state index in [9.17, 15) is 9.90 Å². The predicted molar refractivity (Wildman–Crippen MR) is 88.0 cm³/mol. The third-order valence-corrected chi connectivity index (χ3v) is 4.46. The van der Waals surface area contributed by atoms with Gasteiger partial charge in [0.25, 0.3) is 0 Å². The number of fused-ring (bicyclic) bond motifs is 1. The van der Waals surface area contributed by atoms with Gasteiger partial charge in [0.2, 0.25) is 0 Å². The maximum absolute atomic E-state index is 12.2. The number of carbonyl (C=O) groups is 1. The largest absolute Gasteiger partial charge is 0.388 e. The molecule has 1 aromatic heterocycles. The van der Waals surface area contributed by atoms with Crippen molar-refractivity contribution in [3.63, 3.8) is 0 Å². The van der Waals surface area contributed by atoms with Crippen molar-refractivity contribution >= 4 is 6.03 Å². The smallest absolute Gasteiger partial charge is 0.315 e. The number of nitrogens with one attached hydrogen (secondary N) is 2. The minimum absolute atomic E-state index is 0.115. The van der Waals surface area contributed by atoms with Crippen LogP contribution >= 0.6 is 0 Å². The molecule has 7 heteroatoms.